The zero-order valence-electron chi connectivity index (χ0n) is 16.2. The third-order valence-corrected chi connectivity index (χ3v) is 4.45. The summed E-state index contributed by atoms with van der Waals surface area (Å²) in [7, 11) is 0. The normalized spacial score (nSPS) is 10.4. The molecule has 5 nitrogen and oxygen atoms in total. The van der Waals surface area contributed by atoms with Crippen LogP contribution in [0.4, 0.5) is 17.1 Å². The molecule has 0 saturated carbocycles. The Morgan fingerprint density at radius 1 is 1.07 bits per heavy atom. The summed E-state index contributed by atoms with van der Waals surface area (Å²) in [5, 5.41) is 15.2. The first kappa shape index (κ1) is 19.1. The lowest BCUT2D eigenvalue weighted by atomic mass is 9.98. The van der Waals surface area contributed by atoms with E-state index in [1.54, 1.807) is 36.7 Å². The second-order valence-electron chi connectivity index (χ2n) is 6.93. The highest BCUT2D eigenvalue weighted by Crippen LogP contribution is 2.28. The van der Waals surface area contributed by atoms with Crippen LogP contribution in [0.3, 0.4) is 0 Å². The van der Waals surface area contributed by atoms with Crippen molar-refractivity contribution in [3.05, 3.63) is 83.2 Å². The summed E-state index contributed by atoms with van der Waals surface area (Å²) in [4.78, 5) is 17.0. The average molecular weight is 370 g/mol. The summed E-state index contributed by atoms with van der Waals surface area (Å²) in [6, 6.07) is 17.0. The molecule has 0 unspecified atom stereocenters. The predicted octanol–water partition coefficient (Wildman–Crippen LogP) is 5.38. The van der Waals surface area contributed by atoms with Gasteiger partial charge in [0.25, 0.3) is 5.91 Å². The molecule has 0 fully saturated rings. The Labute approximate surface area is 165 Å². The van der Waals surface area contributed by atoms with E-state index in [-0.39, 0.29) is 5.91 Å². The van der Waals surface area contributed by atoms with Crippen LogP contribution in [0.5, 0.6) is 0 Å². The summed E-state index contributed by atoms with van der Waals surface area (Å²) in [5.74, 6) is 0.0897. The largest absolute Gasteiger partial charge is 0.354 e. The molecule has 0 aliphatic carbocycles. The van der Waals surface area contributed by atoms with Gasteiger partial charge in [0, 0.05) is 17.6 Å². The van der Waals surface area contributed by atoms with Crippen LogP contribution < -0.4 is 10.6 Å². The molecule has 0 radical (unpaired) electrons. The Bertz CT molecular complexity index is 1050. The van der Waals surface area contributed by atoms with Gasteiger partial charge in [0.05, 0.1) is 29.1 Å². The maximum atomic E-state index is 12.8. The van der Waals surface area contributed by atoms with Crippen molar-refractivity contribution in [2.24, 2.45) is 0 Å². The van der Waals surface area contributed by atoms with Crippen LogP contribution in [0.25, 0.3) is 0 Å². The molecule has 0 aliphatic heterocycles. The van der Waals surface area contributed by atoms with Crippen molar-refractivity contribution in [3.63, 3.8) is 0 Å². The van der Waals surface area contributed by atoms with Crippen LogP contribution in [0, 0.1) is 18.3 Å². The molecule has 2 N–H and O–H groups in total. The van der Waals surface area contributed by atoms with Crippen LogP contribution in [0.15, 0.2) is 60.9 Å². The number of hydrogen-bond donors (Lipinski definition) is 2. The van der Waals surface area contributed by atoms with Crippen LogP contribution in [-0.2, 0) is 0 Å². The zero-order chi connectivity index (χ0) is 20.1. The Hall–Kier alpha value is -3.65. The number of rotatable bonds is 5. The molecule has 2 aromatic carbocycles. The number of pyridine rings is 1. The second-order valence-corrected chi connectivity index (χ2v) is 6.93. The van der Waals surface area contributed by atoms with Gasteiger partial charge in [-0.1, -0.05) is 38.1 Å². The quantitative estimate of drug-likeness (QED) is 0.632. The molecule has 3 aromatic rings. The molecule has 0 saturated heterocycles. The minimum absolute atomic E-state index is 0.210. The maximum Gasteiger partial charge on any atom is 0.257 e. The third kappa shape index (κ3) is 4.36. The van der Waals surface area contributed by atoms with Crippen molar-refractivity contribution < 1.29 is 4.79 Å². The van der Waals surface area contributed by atoms with Crippen molar-refractivity contribution >= 4 is 23.0 Å². The number of carbonyl (C=O) groups excluding carboxylic acids is 1. The predicted molar refractivity (Wildman–Crippen MR) is 112 cm³/mol. The number of nitrogens with one attached hydrogen (secondary N) is 2. The molecule has 28 heavy (non-hydrogen) atoms. The SMILES string of the molecule is Cc1cccc(C(C)C)c1NC(=O)c1cncc(Nc2cccc(C#N)c2)c1. The highest BCUT2D eigenvalue weighted by Gasteiger charge is 2.14. The highest BCUT2D eigenvalue weighted by molar-refractivity contribution is 6.05. The molecule has 1 aromatic heterocycles. The van der Waals surface area contributed by atoms with E-state index in [0.717, 1.165) is 22.5 Å². The van der Waals surface area contributed by atoms with Crippen molar-refractivity contribution in [2.45, 2.75) is 26.7 Å². The lowest BCUT2D eigenvalue weighted by Crippen LogP contribution is -2.15. The Morgan fingerprint density at radius 2 is 1.86 bits per heavy atom. The highest BCUT2D eigenvalue weighted by atomic mass is 16.1. The minimum atomic E-state index is -0.210. The van der Waals surface area contributed by atoms with E-state index in [0.29, 0.717) is 22.7 Å². The molecule has 5 heteroatoms. The fourth-order valence-electron chi connectivity index (χ4n) is 2.99. The molecular formula is C23H22N4O. The average Bonchev–Trinajstić information content (AvgIpc) is 2.69. The van der Waals surface area contributed by atoms with E-state index in [4.69, 9.17) is 5.26 Å². The van der Waals surface area contributed by atoms with Gasteiger partial charge in [-0.25, -0.2) is 0 Å². The molecule has 3 rings (SSSR count). The number of nitrogens with zero attached hydrogens (tertiary/aromatic N) is 2. The Balaban J connectivity index is 1.83. The molecule has 140 valence electrons. The van der Waals surface area contributed by atoms with E-state index in [1.807, 2.05) is 31.2 Å². The van der Waals surface area contributed by atoms with E-state index < -0.39 is 0 Å². The molecule has 0 spiro atoms. The van der Waals surface area contributed by atoms with Crippen LogP contribution in [-0.4, -0.2) is 10.9 Å². The fourth-order valence-corrected chi connectivity index (χ4v) is 2.99. The Morgan fingerprint density at radius 3 is 2.61 bits per heavy atom. The fraction of sp³-hybridized carbons (Fsp3) is 0.174. The summed E-state index contributed by atoms with van der Waals surface area (Å²) < 4.78 is 0. The molecule has 1 amide bonds. The van der Waals surface area contributed by atoms with Gasteiger partial charge < -0.3 is 10.6 Å². The van der Waals surface area contributed by atoms with Gasteiger partial charge in [0.15, 0.2) is 0 Å². The first-order valence-corrected chi connectivity index (χ1v) is 9.11. The van der Waals surface area contributed by atoms with Gasteiger partial charge in [0.2, 0.25) is 0 Å². The summed E-state index contributed by atoms with van der Waals surface area (Å²) in [5.41, 5.74) is 5.43. The number of nitriles is 1. The van der Waals surface area contributed by atoms with E-state index in [9.17, 15) is 4.79 Å². The van der Waals surface area contributed by atoms with Crippen LogP contribution >= 0.6 is 0 Å². The van der Waals surface area contributed by atoms with Gasteiger partial charge >= 0.3 is 0 Å². The molecular weight excluding hydrogens is 348 g/mol. The van der Waals surface area contributed by atoms with Gasteiger partial charge in [0.1, 0.15) is 0 Å². The van der Waals surface area contributed by atoms with E-state index in [2.05, 4.69) is 35.5 Å². The van der Waals surface area contributed by atoms with Crippen molar-refractivity contribution in [1.82, 2.24) is 4.98 Å². The number of anilines is 3. The molecule has 0 bridgehead atoms. The molecule has 0 aliphatic rings. The number of carbonyl (C=O) groups is 1. The number of hydrogen-bond acceptors (Lipinski definition) is 4. The summed E-state index contributed by atoms with van der Waals surface area (Å²) >= 11 is 0. The lowest BCUT2D eigenvalue weighted by molar-refractivity contribution is 0.102. The van der Waals surface area contributed by atoms with Gasteiger partial charge in [-0.15, -0.1) is 0 Å². The van der Waals surface area contributed by atoms with E-state index in [1.165, 1.54) is 0 Å². The molecule has 1 heterocycles. The van der Waals surface area contributed by atoms with Crippen LogP contribution in [0.2, 0.25) is 0 Å². The number of amides is 1. The summed E-state index contributed by atoms with van der Waals surface area (Å²) in [6.45, 7) is 6.19. The van der Waals surface area contributed by atoms with Gasteiger partial charge in [-0.05, 0) is 48.2 Å². The number of benzene rings is 2. The maximum absolute atomic E-state index is 12.8. The topological polar surface area (TPSA) is 77.8 Å². The third-order valence-electron chi connectivity index (χ3n) is 4.45. The Kier molecular flexibility index (Phi) is 5.71. The zero-order valence-corrected chi connectivity index (χ0v) is 16.2. The molecule has 0 atom stereocenters. The minimum Gasteiger partial charge on any atom is -0.354 e. The number of aromatic nitrogens is 1. The van der Waals surface area contributed by atoms with Gasteiger partial charge in [-0.3, -0.25) is 9.78 Å². The smallest absolute Gasteiger partial charge is 0.257 e. The lowest BCUT2D eigenvalue weighted by Gasteiger charge is -2.16. The van der Waals surface area contributed by atoms with Crippen molar-refractivity contribution in [1.29, 1.82) is 5.26 Å². The second kappa shape index (κ2) is 8.36. The van der Waals surface area contributed by atoms with Gasteiger partial charge in [-0.2, -0.15) is 5.26 Å². The number of para-hydroxylation sites is 1. The van der Waals surface area contributed by atoms with Crippen molar-refractivity contribution in [2.75, 3.05) is 10.6 Å². The van der Waals surface area contributed by atoms with Crippen LogP contribution in [0.1, 0.15) is 46.8 Å². The monoisotopic (exact) mass is 370 g/mol. The first-order valence-electron chi connectivity index (χ1n) is 9.11. The first-order chi connectivity index (χ1) is 13.5. The number of aryl methyl sites for hydroxylation is 1. The summed E-state index contributed by atoms with van der Waals surface area (Å²) in [6.07, 6.45) is 3.18. The van der Waals surface area contributed by atoms with Crippen molar-refractivity contribution in [3.8, 4) is 6.07 Å². The van der Waals surface area contributed by atoms with E-state index >= 15 is 0 Å². The standard InChI is InChI=1S/C23H22N4O/c1-15(2)21-9-4-6-16(3)22(21)27-23(28)18-11-20(14-25-13-18)26-19-8-5-7-17(10-19)12-24/h4-11,13-15,26H,1-3H3,(H,27,28).